The predicted molar refractivity (Wildman–Crippen MR) is 58.0 cm³/mol. The third kappa shape index (κ3) is 1.61. The molecule has 1 N–H and O–H groups in total. The van der Waals surface area contributed by atoms with Crippen LogP contribution in [0.3, 0.4) is 0 Å². The number of hydrogen-bond acceptors (Lipinski definition) is 4. The van der Waals surface area contributed by atoms with Crippen LogP contribution in [0.1, 0.15) is 25.7 Å². The van der Waals surface area contributed by atoms with Crippen molar-refractivity contribution < 1.29 is 19.5 Å². The third-order valence-corrected chi connectivity index (χ3v) is 4.36. The number of thioether (sulfide) groups is 1. The second kappa shape index (κ2) is 4.08. The molecule has 16 heavy (non-hydrogen) atoms. The third-order valence-electron chi connectivity index (χ3n) is 3.10. The Morgan fingerprint density at radius 1 is 1.31 bits per heavy atom. The molecule has 2 amide bonds. The highest BCUT2D eigenvalue weighted by Crippen LogP contribution is 2.35. The average molecular weight is 243 g/mol. The van der Waals surface area contributed by atoms with E-state index in [9.17, 15) is 19.5 Å². The topological polar surface area (TPSA) is 74.7 Å². The van der Waals surface area contributed by atoms with Crippen molar-refractivity contribution in [3.8, 4) is 0 Å². The van der Waals surface area contributed by atoms with Crippen molar-refractivity contribution in [1.82, 2.24) is 4.90 Å². The Balaban J connectivity index is 2.34. The van der Waals surface area contributed by atoms with E-state index in [0.717, 1.165) is 17.1 Å². The lowest BCUT2D eigenvalue weighted by Crippen LogP contribution is -2.59. The van der Waals surface area contributed by atoms with Crippen LogP contribution in [0, 0.1) is 0 Å². The molecule has 5 nitrogen and oxygen atoms in total. The number of aliphatic carboxylic acids is 1. The van der Waals surface area contributed by atoms with Crippen LogP contribution in [0.5, 0.6) is 0 Å². The lowest BCUT2D eigenvalue weighted by molar-refractivity contribution is -0.162. The number of imide groups is 1. The molecule has 0 bridgehead atoms. The largest absolute Gasteiger partial charge is 0.479 e. The number of carbonyl (C=O) groups is 3. The highest BCUT2D eigenvalue weighted by molar-refractivity contribution is 7.99. The molecule has 88 valence electrons. The Bertz CT molecular complexity index is 333. The van der Waals surface area contributed by atoms with E-state index in [1.807, 2.05) is 0 Å². The normalized spacial score (nSPS) is 30.9. The fourth-order valence-corrected chi connectivity index (χ4v) is 3.50. The summed E-state index contributed by atoms with van der Waals surface area (Å²) in [6.45, 7) is 0. The summed E-state index contributed by atoms with van der Waals surface area (Å²) in [7, 11) is 0. The highest BCUT2D eigenvalue weighted by Gasteiger charge is 2.52. The first-order chi connectivity index (χ1) is 7.58. The Kier molecular flexibility index (Phi) is 2.92. The molecule has 2 rings (SSSR count). The maximum Gasteiger partial charge on any atom is 0.330 e. The van der Waals surface area contributed by atoms with Crippen molar-refractivity contribution in [3.05, 3.63) is 0 Å². The zero-order valence-corrected chi connectivity index (χ0v) is 9.59. The quantitative estimate of drug-likeness (QED) is 0.714. The molecule has 2 aliphatic rings. The van der Waals surface area contributed by atoms with Gasteiger partial charge in [0.1, 0.15) is 0 Å². The maximum absolute atomic E-state index is 11.6. The molecule has 0 radical (unpaired) electrons. The van der Waals surface area contributed by atoms with Crippen LogP contribution in [0.25, 0.3) is 0 Å². The van der Waals surface area contributed by atoms with Gasteiger partial charge in [-0.2, -0.15) is 11.8 Å². The summed E-state index contributed by atoms with van der Waals surface area (Å²) in [5.74, 6) is -0.515. The molecule has 1 atom stereocenters. The number of carbonyl (C=O) groups excluding carboxylic acids is 2. The Labute approximate surface area is 97.2 Å². The molecule has 0 aliphatic carbocycles. The van der Waals surface area contributed by atoms with E-state index in [2.05, 4.69) is 0 Å². The number of nitrogens with zero attached hydrogens (tertiary/aromatic N) is 1. The van der Waals surface area contributed by atoms with Crippen molar-refractivity contribution in [2.24, 2.45) is 0 Å². The minimum atomic E-state index is -1.28. The Hall–Kier alpha value is -1.04. The molecular weight excluding hydrogens is 230 g/mol. The van der Waals surface area contributed by atoms with Crippen molar-refractivity contribution >= 4 is 29.5 Å². The summed E-state index contributed by atoms with van der Waals surface area (Å²) in [4.78, 5) is 35.6. The second-order valence-electron chi connectivity index (χ2n) is 4.12. The van der Waals surface area contributed by atoms with Gasteiger partial charge in [-0.1, -0.05) is 0 Å². The van der Waals surface area contributed by atoms with E-state index < -0.39 is 11.5 Å². The fourth-order valence-electron chi connectivity index (χ4n) is 2.27. The van der Waals surface area contributed by atoms with Crippen molar-refractivity contribution in [2.75, 3.05) is 11.5 Å². The minimum Gasteiger partial charge on any atom is -0.479 e. The minimum absolute atomic E-state index is 0.151. The number of likely N-dealkylation sites (tertiary alicyclic amines) is 1. The number of amides is 2. The van der Waals surface area contributed by atoms with Crippen molar-refractivity contribution in [1.29, 1.82) is 0 Å². The molecule has 0 aromatic rings. The summed E-state index contributed by atoms with van der Waals surface area (Å²) in [6, 6.07) is 0. The lowest BCUT2D eigenvalue weighted by atomic mass is 9.93. The maximum atomic E-state index is 11.6. The van der Waals surface area contributed by atoms with Gasteiger partial charge in [0.15, 0.2) is 5.54 Å². The van der Waals surface area contributed by atoms with Crippen LogP contribution in [-0.2, 0) is 14.4 Å². The van der Waals surface area contributed by atoms with Gasteiger partial charge in [0, 0.05) is 18.6 Å². The Morgan fingerprint density at radius 3 is 2.38 bits per heavy atom. The molecule has 2 heterocycles. The predicted octanol–water partition coefficient (Wildman–Crippen LogP) is 0.486. The first-order valence-electron chi connectivity index (χ1n) is 5.25. The van der Waals surface area contributed by atoms with Crippen LogP contribution < -0.4 is 0 Å². The molecule has 0 saturated carbocycles. The van der Waals surface area contributed by atoms with E-state index in [1.165, 1.54) is 11.8 Å². The van der Waals surface area contributed by atoms with Crippen LogP contribution in [0.2, 0.25) is 0 Å². The number of rotatable bonds is 2. The van der Waals surface area contributed by atoms with Gasteiger partial charge in [0.05, 0.1) is 0 Å². The van der Waals surface area contributed by atoms with Gasteiger partial charge in [-0.25, -0.2) is 4.79 Å². The van der Waals surface area contributed by atoms with Crippen LogP contribution in [0.4, 0.5) is 0 Å². The monoisotopic (exact) mass is 243 g/mol. The summed E-state index contributed by atoms with van der Waals surface area (Å²) < 4.78 is 0. The highest BCUT2D eigenvalue weighted by atomic mass is 32.2. The SMILES string of the molecule is O=C1CCC(=O)N1C1(C(=O)O)CCCSC1. The first-order valence-corrected chi connectivity index (χ1v) is 6.40. The molecule has 0 aromatic heterocycles. The van der Waals surface area contributed by atoms with Gasteiger partial charge in [-0.3, -0.25) is 14.5 Å². The lowest BCUT2D eigenvalue weighted by Gasteiger charge is -2.39. The van der Waals surface area contributed by atoms with Gasteiger partial charge >= 0.3 is 5.97 Å². The molecule has 2 fully saturated rings. The zero-order chi connectivity index (χ0) is 11.8. The molecule has 0 aromatic carbocycles. The molecule has 6 heteroatoms. The number of hydrogen-bond donors (Lipinski definition) is 1. The fraction of sp³-hybridized carbons (Fsp3) is 0.700. The summed E-state index contributed by atoms with van der Waals surface area (Å²) in [5, 5.41) is 9.33. The van der Waals surface area contributed by atoms with Gasteiger partial charge in [-0.05, 0) is 18.6 Å². The van der Waals surface area contributed by atoms with Gasteiger partial charge in [0.25, 0.3) is 0 Å². The molecular formula is C10H13NO4S. The summed E-state index contributed by atoms with van der Waals surface area (Å²) >= 11 is 1.49. The second-order valence-corrected chi connectivity index (χ2v) is 5.22. The first kappa shape index (κ1) is 11.4. The van der Waals surface area contributed by atoms with E-state index in [1.54, 1.807) is 0 Å². The summed E-state index contributed by atoms with van der Waals surface area (Å²) in [6.07, 6.45) is 1.41. The van der Waals surface area contributed by atoms with Crippen LogP contribution in [0.15, 0.2) is 0 Å². The van der Waals surface area contributed by atoms with Crippen molar-refractivity contribution in [2.45, 2.75) is 31.2 Å². The van der Waals surface area contributed by atoms with Crippen LogP contribution in [-0.4, -0.2) is 44.8 Å². The van der Waals surface area contributed by atoms with Gasteiger partial charge in [-0.15, -0.1) is 0 Å². The molecule has 2 aliphatic heterocycles. The van der Waals surface area contributed by atoms with E-state index in [4.69, 9.17) is 0 Å². The standard InChI is InChI=1S/C10H13NO4S/c12-7-2-3-8(13)11(7)10(9(14)15)4-1-5-16-6-10/h1-6H2,(H,14,15). The van der Waals surface area contributed by atoms with E-state index >= 15 is 0 Å². The van der Waals surface area contributed by atoms with E-state index in [-0.39, 0.29) is 24.7 Å². The number of carboxylic acid groups (broad SMARTS) is 1. The van der Waals surface area contributed by atoms with Crippen molar-refractivity contribution in [3.63, 3.8) is 0 Å². The smallest absolute Gasteiger partial charge is 0.330 e. The van der Waals surface area contributed by atoms with Crippen LogP contribution >= 0.6 is 11.8 Å². The Morgan fingerprint density at radius 2 is 1.94 bits per heavy atom. The molecule has 1 unspecified atom stereocenters. The zero-order valence-electron chi connectivity index (χ0n) is 8.77. The average Bonchev–Trinajstić information content (AvgIpc) is 2.60. The van der Waals surface area contributed by atoms with Gasteiger partial charge < -0.3 is 5.11 Å². The molecule has 2 saturated heterocycles. The van der Waals surface area contributed by atoms with E-state index in [0.29, 0.717) is 12.2 Å². The summed E-state index contributed by atoms with van der Waals surface area (Å²) in [5.41, 5.74) is -1.28. The number of carboxylic acids is 1. The van der Waals surface area contributed by atoms with Gasteiger partial charge in [0.2, 0.25) is 11.8 Å². The molecule has 0 spiro atoms.